The van der Waals surface area contributed by atoms with Crippen molar-refractivity contribution in [2.45, 2.75) is 24.3 Å². The fraction of sp³-hybridized carbons (Fsp3) is 0.200. The van der Waals surface area contributed by atoms with Crippen LogP contribution in [0.5, 0.6) is 0 Å². The van der Waals surface area contributed by atoms with Crippen molar-refractivity contribution in [3.63, 3.8) is 0 Å². The lowest BCUT2D eigenvalue weighted by Crippen LogP contribution is -2.46. The molecular weight excluding hydrogens is 508 g/mol. The number of anilines is 2. The van der Waals surface area contributed by atoms with E-state index in [0.717, 1.165) is 22.5 Å². The summed E-state index contributed by atoms with van der Waals surface area (Å²) in [6, 6.07) is 29.7. The minimum absolute atomic E-state index is 0.0913. The lowest BCUT2D eigenvalue weighted by molar-refractivity contribution is 0.0689. The summed E-state index contributed by atoms with van der Waals surface area (Å²) in [7, 11) is 0. The van der Waals surface area contributed by atoms with E-state index in [9.17, 15) is 0 Å². The maximum Gasteiger partial charge on any atom is 0.223 e. The summed E-state index contributed by atoms with van der Waals surface area (Å²) in [4.78, 5) is 9.18. The highest BCUT2D eigenvalue weighted by Crippen LogP contribution is 2.29. The van der Waals surface area contributed by atoms with Gasteiger partial charge in [0.05, 0.1) is 42.6 Å². The highest BCUT2D eigenvalue weighted by molar-refractivity contribution is 7.80. The van der Waals surface area contributed by atoms with Crippen LogP contribution in [-0.2, 0) is 9.47 Å². The highest BCUT2D eigenvalue weighted by Gasteiger charge is 2.48. The van der Waals surface area contributed by atoms with E-state index in [1.165, 1.54) is 5.56 Å². The van der Waals surface area contributed by atoms with E-state index in [1.54, 1.807) is 18.3 Å². The Morgan fingerprint density at radius 1 is 0.846 bits per heavy atom. The van der Waals surface area contributed by atoms with Crippen LogP contribution < -0.4 is 16.0 Å². The molecule has 3 N–H and O–H groups in total. The predicted octanol–water partition coefficient (Wildman–Crippen LogP) is 4.62. The van der Waals surface area contributed by atoms with Gasteiger partial charge in [-0.2, -0.15) is 5.26 Å². The number of hydrogen-bond donors (Lipinski definition) is 3. The van der Waals surface area contributed by atoms with Crippen LogP contribution in [0.2, 0.25) is 0 Å². The minimum atomic E-state index is -0.165. The van der Waals surface area contributed by atoms with Gasteiger partial charge in [0.15, 0.2) is 5.11 Å². The molecule has 6 rings (SSSR count). The molecule has 0 radical (unpaired) electrons. The van der Waals surface area contributed by atoms with E-state index >= 15 is 0 Å². The van der Waals surface area contributed by atoms with Gasteiger partial charge >= 0.3 is 0 Å². The summed E-state index contributed by atoms with van der Waals surface area (Å²) in [6.45, 7) is 0.930. The van der Waals surface area contributed by atoms with Crippen molar-refractivity contribution >= 4 is 29.0 Å². The topological polar surface area (TPSA) is 104 Å². The van der Waals surface area contributed by atoms with Crippen LogP contribution in [-0.4, -0.2) is 52.6 Å². The quantitative estimate of drug-likeness (QED) is 0.306. The number of hydrogen-bond acceptors (Lipinski definition) is 7. The molecule has 2 aliphatic heterocycles. The van der Waals surface area contributed by atoms with Crippen molar-refractivity contribution in [3.05, 3.63) is 96.7 Å². The van der Waals surface area contributed by atoms with E-state index in [0.29, 0.717) is 29.8 Å². The summed E-state index contributed by atoms with van der Waals surface area (Å²) >= 11 is 5.49. The van der Waals surface area contributed by atoms with Gasteiger partial charge < -0.3 is 25.4 Å². The first-order valence-corrected chi connectivity index (χ1v) is 13.1. The molecule has 0 aliphatic carbocycles. The number of rotatable bonds is 6. The lowest BCUT2D eigenvalue weighted by Gasteiger charge is -2.20. The Balaban J connectivity index is 1.07. The summed E-state index contributed by atoms with van der Waals surface area (Å²) in [5, 5.41) is 19.4. The third-order valence-electron chi connectivity index (χ3n) is 6.88. The lowest BCUT2D eigenvalue weighted by atomic mass is 10.0. The smallest absolute Gasteiger partial charge is 0.223 e. The van der Waals surface area contributed by atoms with E-state index in [1.807, 2.05) is 36.4 Å². The first-order chi connectivity index (χ1) is 19.2. The second-order valence-corrected chi connectivity index (χ2v) is 9.86. The van der Waals surface area contributed by atoms with Gasteiger partial charge in [-0.3, -0.25) is 0 Å². The molecule has 4 aromatic rings. The molecule has 194 valence electrons. The first kappa shape index (κ1) is 24.9. The normalized spacial score (nSPS) is 21.5. The molecular formula is C30H26N6O2S. The molecule has 2 aliphatic rings. The van der Waals surface area contributed by atoms with Gasteiger partial charge in [0.2, 0.25) is 5.95 Å². The predicted molar refractivity (Wildman–Crippen MR) is 154 cm³/mol. The van der Waals surface area contributed by atoms with E-state index in [4.69, 9.17) is 31.9 Å². The second kappa shape index (κ2) is 11.2. The number of nitrogens with one attached hydrogen (secondary N) is 3. The number of thiocarbonyl (C=S) groups is 1. The molecule has 0 saturated carbocycles. The number of ether oxygens (including phenoxy) is 2. The monoisotopic (exact) mass is 534 g/mol. The van der Waals surface area contributed by atoms with Gasteiger partial charge in [-0.15, -0.1) is 0 Å². The van der Waals surface area contributed by atoms with Crippen molar-refractivity contribution < 1.29 is 9.47 Å². The van der Waals surface area contributed by atoms with E-state index in [-0.39, 0.29) is 24.3 Å². The summed E-state index contributed by atoms with van der Waals surface area (Å²) < 4.78 is 12.2. The van der Waals surface area contributed by atoms with Crippen LogP contribution >= 0.6 is 12.2 Å². The average Bonchev–Trinajstić information content (AvgIpc) is 3.57. The van der Waals surface area contributed by atoms with Gasteiger partial charge in [-0.05, 0) is 47.6 Å². The Bertz CT molecular complexity index is 1510. The second-order valence-electron chi connectivity index (χ2n) is 9.45. The van der Waals surface area contributed by atoms with Crippen LogP contribution in [0.3, 0.4) is 0 Å². The molecule has 8 nitrogen and oxygen atoms in total. The van der Waals surface area contributed by atoms with Crippen LogP contribution in [0.4, 0.5) is 11.6 Å². The standard InChI is InChI=1S/C30H26N6O2S/c31-16-19-5-4-8-23(15-19)33-30(39)36-26-18-38-27-25(17-37-28(26)27)35-29-32-14-13-24(34-29)22-11-9-21(10-12-22)20-6-2-1-3-7-20/h1-15,25-28H,17-18H2,(H,32,34,35)(H2,33,36,39). The zero-order chi connectivity index (χ0) is 26.6. The maximum absolute atomic E-state index is 9.11. The number of benzene rings is 3. The van der Waals surface area contributed by atoms with E-state index in [2.05, 4.69) is 63.4 Å². The third kappa shape index (κ3) is 5.59. The van der Waals surface area contributed by atoms with Crippen LogP contribution in [0.25, 0.3) is 22.4 Å². The zero-order valence-corrected chi connectivity index (χ0v) is 21.8. The summed E-state index contributed by atoms with van der Waals surface area (Å²) in [6.07, 6.45) is 1.43. The molecule has 3 aromatic carbocycles. The van der Waals surface area contributed by atoms with Gasteiger partial charge in [0.25, 0.3) is 0 Å². The van der Waals surface area contributed by atoms with Gasteiger partial charge in [0.1, 0.15) is 12.2 Å². The Labute approximate surface area is 232 Å². The van der Waals surface area contributed by atoms with Gasteiger partial charge in [-0.1, -0.05) is 60.7 Å². The fourth-order valence-electron chi connectivity index (χ4n) is 4.97. The fourth-order valence-corrected chi connectivity index (χ4v) is 5.24. The Kier molecular flexibility index (Phi) is 7.15. The molecule has 3 heterocycles. The highest BCUT2D eigenvalue weighted by atomic mass is 32.1. The number of nitrogens with zero attached hydrogens (tertiary/aromatic N) is 3. The van der Waals surface area contributed by atoms with Gasteiger partial charge in [0, 0.05) is 17.4 Å². The molecule has 9 heteroatoms. The Hall–Kier alpha value is -4.36. The minimum Gasteiger partial charge on any atom is -0.371 e. The van der Waals surface area contributed by atoms with Gasteiger partial charge in [-0.25, -0.2) is 9.97 Å². The van der Waals surface area contributed by atoms with Crippen LogP contribution in [0, 0.1) is 11.3 Å². The van der Waals surface area contributed by atoms with Crippen molar-refractivity contribution in [1.82, 2.24) is 15.3 Å². The molecule has 4 unspecified atom stereocenters. The average molecular weight is 535 g/mol. The van der Waals surface area contributed by atoms with Crippen molar-refractivity contribution in [1.29, 1.82) is 5.26 Å². The Morgan fingerprint density at radius 2 is 1.56 bits per heavy atom. The molecule has 2 fully saturated rings. The Morgan fingerprint density at radius 3 is 2.36 bits per heavy atom. The molecule has 4 atom stereocenters. The molecule has 0 bridgehead atoms. The first-order valence-electron chi connectivity index (χ1n) is 12.7. The zero-order valence-electron chi connectivity index (χ0n) is 21.0. The molecule has 39 heavy (non-hydrogen) atoms. The van der Waals surface area contributed by atoms with Crippen molar-refractivity contribution in [2.75, 3.05) is 23.8 Å². The molecule has 1 aromatic heterocycles. The van der Waals surface area contributed by atoms with Crippen LogP contribution in [0.1, 0.15) is 5.56 Å². The molecule has 2 saturated heterocycles. The van der Waals surface area contributed by atoms with E-state index < -0.39 is 0 Å². The van der Waals surface area contributed by atoms with Crippen molar-refractivity contribution in [2.24, 2.45) is 0 Å². The summed E-state index contributed by atoms with van der Waals surface area (Å²) in [5.41, 5.74) is 5.51. The van der Waals surface area contributed by atoms with Crippen LogP contribution in [0.15, 0.2) is 91.1 Å². The number of fused-ring (bicyclic) bond motifs is 1. The largest absolute Gasteiger partial charge is 0.371 e. The number of aromatic nitrogens is 2. The number of nitriles is 1. The third-order valence-corrected chi connectivity index (χ3v) is 7.10. The summed E-state index contributed by atoms with van der Waals surface area (Å²) in [5.74, 6) is 0.531. The maximum atomic E-state index is 9.11. The van der Waals surface area contributed by atoms with Crippen molar-refractivity contribution in [3.8, 4) is 28.5 Å². The SMILES string of the molecule is N#Cc1cccc(NC(=S)NC2COC3C(Nc4nccc(-c5ccc(-c6ccccc6)cc5)n4)COC23)c1. The molecule has 0 amide bonds. The molecule has 0 spiro atoms.